The van der Waals surface area contributed by atoms with Gasteiger partial charge in [-0.1, -0.05) is 92.4 Å². The molecule has 1 aliphatic carbocycles. The standard InChI is InChI=1S/C36H49N5O6S/c1-7-8-15-32-37-36(18-11-12-19-36)34(42)41(32)21-27-16-17-29(28(20-27)22-40(6)35(43)46-23-24(2)3)30-13-9-10-14-31(30)48(44,45)39-33-25(4)26(5)38-47-33/h9-10,13-14,16-17,20,24,39,44-45H,7-8,11-12,15,18-19,21-23H2,1-6H3. The molecule has 0 atom stereocenters. The maximum atomic E-state index is 13.9. The summed E-state index contributed by atoms with van der Waals surface area (Å²) in [5.41, 5.74) is 3.63. The summed E-state index contributed by atoms with van der Waals surface area (Å²) in [6.45, 7) is 10.5. The van der Waals surface area contributed by atoms with E-state index in [2.05, 4.69) is 16.8 Å². The monoisotopic (exact) mass is 679 g/mol. The lowest BCUT2D eigenvalue weighted by molar-refractivity contribution is -0.131. The molecule has 0 radical (unpaired) electrons. The summed E-state index contributed by atoms with van der Waals surface area (Å²) in [5.74, 6) is 1.30. The third kappa shape index (κ3) is 7.55. The Balaban J connectivity index is 1.52. The summed E-state index contributed by atoms with van der Waals surface area (Å²) in [5, 5.41) is 3.93. The van der Waals surface area contributed by atoms with Crippen molar-refractivity contribution in [3.8, 4) is 11.1 Å². The Morgan fingerprint density at radius 2 is 1.88 bits per heavy atom. The quantitative estimate of drug-likeness (QED) is 0.163. The smallest absolute Gasteiger partial charge is 0.409 e. The molecule has 48 heavy (non-hydrogen) atoms. The van der Waals surface area contributed by atoms with Gasteiger partial charge in [0.2, 0.25) is 5.88 Å². The number of unbranched alkanes of at least 4 members (excludes halogenated alkanes) is 1. The first kappa shape index (κ1) is 35.4. The molecular formula is C36H49N5O6S. The van der Waals surface area contributed by atoms with E-state index in [9.17, 15) is 18.7 Å². The number of aromatic nitrogens is 1. The maximum Gasteiger partial charge on any atom is 0.409 e. The number of anilines is 1. The van der Waals surface area contributed by atoms with Crippen molar-refractivity contribution in [2.45, 2.75) is 103 Å². The van der Waals surface area contributed by atoms with Gasteiger partial charge in [-0.25, -0.2) is 9.52 Å². The molecule has 1 saturated carbocycles. The van der Waals surface area contributed by atoms with E-state index in [-0.39, 0.29) is 29.1 Å². The SMILES string of the molecule is CCCCC1=NC2(CCCC2)C(=O)N1Cc1ccc(-c2ccccc2S(O)(O)Nc2onc(C)c2C)c(CN(C)C(=O)OCC(C)C)c1. The Hall–Kier alpha value is -3.87. The van der Waals surface area contributed by atoms with Crippen LogP contribution in [0.3, 0.4) is 0 Å². The van der Waals surface area contributed by atoms with E-state index < -0.39 is 22.4 Å². The summed E-state index contributed by atoms with van der Waals surface area (Å²) in [7, 11) is -1.92. The van der Waals surface area contributed by atoms with Crippen molar-refractivity contribution < 1.29 is 28.0 Å². The minimum atomic E-state index is -3.60. The average molecular weight is 680 g/mol. The van der Waals surface area contributed by atoms with Crippen molar-refractivity contribution in [1.82, 2.24) is 15.0 Å². The molecule has 0 saturated heterocycles. The summed E-state index contributed by atoms with van der Waals surface area (Å²) in [4.78, 5) is 35.5. The van der Waals surface area contributed by atoms with Gasteiger partial charge < -0.3 is 14.2 Å². The van der Waals surface area contributed by atoms with E-state index in [0.717, 1.165) is 61.9 Å². The molecule has 0 bridgehead atoms. The van der Waals surface area contributed by atoms with E-state index in [1.54, 1.807) is 33.0 Å². The van der Waals surface area contributed by atoms with Crippen LogP contribution in [0.15, 0.2) is 56.9 Å². The highest BCUT2D eigenvalue weighted by Crippen LogP contribution is 2.53. The molecule has 260 valence electrons. The van der Waals surface area contributed by atoms with Crippen molar-refractivity contribution in [2.24, 2.45) is 10.9 Å². The molecule has 2 heterocycles. The molecule has 5 rings (SSSR count). The van der Waals surface area contributed by atoms with Crippen LogP contribution < -0.4 is 4.72 Å². The maximum absolute atomic E-state index is 13.9. The molecule has 2 aromatic carbocycles. The van der Waals surface area contributed by atoms with E-state index in [1.807, 2.05) is 49.1 Å². The van der Waals surface area contributed by atoms with Crippen LogP contribution >= 0.6 is 10.8 Å². The lowest BCUT2D eigenvalue weighted by atomic mass is 9.96. The molecule has 3 N–H and O–H groups in total. The lowest BCUT2D eigenvalue weighted by Crippen LogP contribution is -2.40. The second-order valence-electron chi connectivity index (χ2n) is 13.4. The Bertz CT molecular complexity index is 1660. The molecule has 12 heteroatoms. The van der Waals surface area contributed by atoms with Crippen molar-refractivity contribution in [3.05, 3.63) is 64.8 Å². The first-order chi connectivity index (χ1) is 22.8. The van der Waals surface area contributed by atoms with Gasteiger partial charge in [-0.3, -0.25) is 23.8 Å². The lowest BCUT2D eigenvalue weighted by Gasteiger charge is -2.34. The van der Waals surface area contributed by atoms with Gasteiger partial charge in [0.15, 0.2) is 0 Å². The second kappa shape index (κ2) is 14.7. The van der Waals surface area contributed by atoms with Crippen LogP contribution in [-0.4, -0.2) is 61.1 Å². The number of hydrogen-bond acceptors (Lipinski definition) is 9. The average Bonchev–Trinajstić information content (AvgIpc) is 3.73. The second-order valence-corrected chi connectivity index (χ2v) is 15.2. The number of hydrogen-bond donors (Lipinski definition) is 3. The van der Waals surface area contributed by atoms with Gasteiger partial charge in [-0.2, -0.15) is 0 Å². The number of amidine groups is 1. The number of carbonyl (C=O) groups excluding carboxylic acids is 2. The Morgan fingerprint density at radius 1 is 1.15 bits per heavy atom. The first-order valence-corrected chi connectivity index (χ1v) is 18.4. The minimum Gasteiger partial charge on any atom is -0.449 e. The number of rotatable bonds is 13. The summed E-state index contributed by atoms with van der Waals surface area (Å²) < 4.78 is 36.6. The van der Waals surface area contributed by atoms with Crippen LogP contribution in [0.1, 0.15) is 88.1 Å². The fraction of sp³-hybridized carbons (Fsp3) is 0.500. The van der Waals surface area contributed by atoms with Gasteiger partial charge >= 0.3 is 6.09 Å². The van der Waals surface area contributed by atoms with Gasteiger partial charge in [-0.05, 0) is 61.8 Å². The Kier molecular flexibility index (Phi) is 10.9. The fourth-order valence-electron chi connectivity index (χ4n) is 6.32. The van der Waals surface area contributed by atoms with E-state index in [1.165, 1.54) is 4.90 Å². The predicted octanol–water partition coefficient (Wildman–Crippen LogP) is 8.56. The molecule has 11 nitrogen and oxygen atoms in total. The number of aryl methyl sites for hydroxylation is 1. The minimum absolute atomic E-state index is 0.0782. The largest absolute Gasteiger partial charge is 0.449 e. The van der Waals surface area contributed by atoms with Crippen LogP contribution in [0.4, 0.5) is 10.7 Å². The molecule has 1 spiro atoms. The predicted molar refractivity (Wildman–Crippen MR) is 189 cm³/mol. The Morgan fingerprint density at radius 3 is 2.54 bits per heavy atom. The molecule has 3 aromatic rings. The van der Waals surface area contributed by atoms with Crippen LogP contribution in [0.25, 0.3) is 11.1 Å². The number of aliphatic imine (C=N–C) groups is 1. The van der Waals surface area contributed by atoms with Crippen molar-refractivity contribution in [2.75, 3.05) is 18.4 Å². The number of carbonyl (C=O) groups is 2. The third-order valence-corrected chi connectivity index (χ3v) is 10.6. The molecule has 1 fully saturated rings. The van der Waals surface area contributed by atoms with Gasteiger partial charge in [0.25, 0.3) is 5.91 Å². The Labute approximate surface area is 285 Å². The molecule has 1 aromatic heterocycles. The number of nitrogens with one attached hydrogen (secondary N) is 1. The van der Waals surface area contributed by atoms with E-state index in [4.69, 9.17) is 14.3 Å². The summed E-state index contributed by atoms with van der Waals surface area (Å²) in [6.07, 6.45) is 5.85. The summed E-state index contributed by atoms with van der Waals surface area (Å²) >= 11 is 0. The molecule has 0 unspecified atom stereocenters. The molecule has 1 aliphatic heterocycles. The highest BCUT2D eigenvalue weighted by Gasteiger charge is 2.49. The highest BCUT2D eigenvalue weighted by molar-refractivity contribution is 8.25. The fourth-order valence-corrected chi connectivity index (χ4v) is 7.63. The van der Waals surface area contributed by atoms with Gasteiger partial charge in [0.1, 0.15) is 11.4 Å². The topological polar surface area (TPSA) is 141 Å². The number of nitrogens with zero attached hydrogens (tertiary/aromatic N) is 4. The van der Waals surface area contributed by atoms with E-state index >= 15 is 0 Å². The highest BCUT2D eigenvalue weighted by atomic mass is 32.3. The van der Waals surface area contributed by atoms with Crippen molar-refractivity contribution in [1.29, 1.82) is 0 Å². The van der Waals surface area contributed by atoms with Crippen LogP contribution in [0.5, 0.6) is 0 Å². The summed E-state index contributed by atoms with van der Waals surface area (Å²) in [6, 6.07) is 12.9. The first-order valence-electron chi connectivity index (χ1n) is 16.8. The molecule has 2 aliphatic rings. The number of amides is 2. The number of ether oxygens (including phenoxy) is 1. The third-order valence-electron chi connectivity index (χ3n) is 9.13. The molecular weight excluding hydrogens is 630 g/mol. The van der Waals surface area contributed by atoms with Crippen molar-refractivity contribution >= 4 is 34.5 Å². The normalized spacial score (nSPS) is 16.1. The van der Waals surface area contributed by atoms with Gasteiger partial charge in [0, 0.05) is 31.1 Å². The zero-order valence-electron chi connectivity index (χ0n) is 28.9. The zero-order chi connectivity index (χ0) is 34.6. The number of benzene rings is 2. The van der Waals surface area contributed by atoms with Crippen LogP contribution in [0.2, 0.25) is 0 Å². The van der Waals surface area contributed by atoms with E-state index in [0.29, 0.717) is 35.5 Å². The van der Waals surface area contributed by atoms with Crippen LogP contribution in [-0.2, 0) is 22.6 Å². The van der Waals surface area contributed by atoms with Crippen molar-refractivity contribution in [3.63, 3.8) is 0 Å². The van der Waals surface area contributed by atoms with Gasteiger partial charge in [-0.15, -0.1) is 0 Å². The van der Waals surface area contributed by atoms with Gasteiger partial charge in [0.05, 0.1) is 23.7 Å². The zero-order valence-corrected chi connectivity index (χ0v) is 29.7. The molecule has 2 amide bonds. The van der Waals surface area contributed by atoms with Crippen LogP contribution in [0, 0.1) is 19.8 Å².